The zero-order valence-corrected chi connectivity index (χ0v) is 15.4. The largest absolute Gasteiger partial charge is 0.366 e. The van der Waals surface area contributed by atoms with E-state index in [9.17, 15) is 0 Å². The molecule has 0 fully saturated rings. The minimum Gasteiger partial charge on any atom is -0.366 e. The first-order chi connectivity index (χ1) is 10.5. The molecule has 4 heteroatoms. The highest BCUT2D eigenvalue weighted by atomic mass is 79.9. The summed E-state index contributed by atoms with van der Waals surface area (Å²) in [5, 5.41) is 0.724. The van der Waals surface area contributed by atoms with Gasteiger partial charge in [0.25, 0.3) is 0 Å². The molecule has 0 bridgehead atoms. The zero-order valence-electron chi connectivity index (χ0n) is 13.1. The summed E-state index contributed by atoms with van der Waals surface area (Å²) in [6.45, 7) is 5.12. The Balaban J connectivity index is 2.32. The van der Waals surface area contributed by atoms with Crippen LogP contribution < -0.4 is 0 Å². The van der Waals surface area contributed by atoms with Gasteiger partial charge >= 0.3 is 0 Å². The summed E-state index contributed by atoms with van der Waals surface area (Å²) in [5.41, 5.74) is 4.56. The van der Waals surface area contributed by atoms with Crippen LogP contribution in [0.5, 0.6) is 0 Å². The molecule has 0 aromatic heterocycles. The van der Waals surface area contributed by atoms with Gasteiger partial charge in [0, 0.05) is 23.1 Å². The fourth-order valence-electron chi connectivity index (χ4n) is 2.15. The van der Waals surface area contributed by atoms with Gasteiger partial charge in [0.2, 0.25) is 0 Å². The van der Waals surface area contributed by atoms with Crippen LogP contribution in [0.15, 0.2) is 45.9 Å². The maximum atomic E-state index is 6.27. The molecule has 2 aromatic rings. The molecule has 0 heterocycles. The van der Waals surface area contributed by atoms with E-state index in [1.807, 2.05) is 36.5 Å². The molecule has 0 aliphatic rings. The number of hydrogen-bond acceptors (Lipinski definition) is 1. The molecule has 0 amide bonds. The van der Waals surface area contributed by atoms with Gasteiger partial charge in [-0.2, -0.15) is 0 Å². The fourth-order valence-corrected chi connectivity index (χ4v) is 2.83. The van der Waals surface area contributed by atoms with Gasteiger partial charge < -0.3 is 4.90 Å². The van der Waals surface area contributed by atoms with Crippen molar-refractivity contribution in [1.29, 1.82) is 0 Å². The van der Waals surface area contributed by atoms with Crippen LogP contribution in [0.4, 0.5) is 5.69 Å². The van der Waals surface area contributed by atoms with Crippen molar-refractivity contribution in [2.75, 3.05) is 13.6 Å². The lowest BCUT2D eigenvalue weighted by atomic mass is 9.99. The lowest BCUT2D eigenvalue weighted by Crippen LogP contribution is -2.14. The highest BCUT2D eigenvalue weighted by Crippen LogP contribution is 2.29. The molecule has 0 saturated carbocycles. The van der Waals surface area contributed by atoms with Gasteiger partial charge in [0.15, 0.2) is 0 Å². The molecule has 0 unspecified atom stereocenters. The number of rotatable bonds is 5. The van der Waals surface area contributed by atoms with E-state index in [-0.39, 0.29) is 0 Å². The first kappa shape index (κ1) is 17.0. The van der Waals surface area contributed by atoms with Crippen LogP contribution in [0.1, 0.15) is 23.6 Å². The highest BCUT2D eigenvalue weighted by Gasteiger charge is 2.07. The van der Waals surface area contributed by atoms with E-state index in [0.717, 1.165) is 28.1 Å². The number of benzene rings is 2. The van der Waals surface area contributed by atoms with Crippen molar-refractivity contribution in [1.82, 2.24) is 4.90 Å². The summed E-state index contributed by atoms with van der Waals surface area (Å²) in [6, 6.07) is 12.3. The zero-order chi connectivity index (χ0) is 16.1. The monoisotopic (exact) mass is 378 g/mol. The second-order valence-corrected chi connectivity index (χ2v) is 6.69. The summed E-state index contributed by atoms with van der Waals surface area (Å²) in [7, 11) is 2.01. The minimum atomic E-state index is 0.724. The fraction of sp³-hybridized carbons (Fsp3) is 0.278. The van der Waals surface area contributed by atoms with E-state index < -0.39 is 0 Å². The van der Waals surface area contributed by atoms with Crippen LogP contribution in [-0.2, 0) is 6.42 Å². The van der Waals surface area contributed by atoms with E-state index in [1.165, 1.54) is 16.7 Å². The molecule has 22 heavy (non-hydrogen) atoms. The van der Waals surface area contributed by atoms with Crippen molar-refractivity contribution in [2.45, 2.75) is 20.3 Å². The lowest BCUT2D eigenvalue weighted by Gasteiger charge is -2.12. The number of aliphatic imine (C=N–C) groups is 1. The van der Waals surface area contributed by atoms with Crippen LogP contribution in [0.2, 0.25) is 5.02 Å². The molecule has 0 spiro atoms. The molecule has 0 atom stereocenters. The van der Waals surface area contributed by atoms with Crippen molar-refractivity contribution in [2.24, 2.45) is 4.99 Å². The summed E-state index contributed by atoms with van der Waals surface area (Å²) >= 11 is 9.79. The molecule has 2 rings (SSSR count). The maximum absolute atomic E-state index is 6.27. The van der Waals surface area contributed by atoms with Crippen LogP contribution in [0, 0.1) is 6.92 Å². The van der Waals surface area contributed by atoms with Crippen molar-refractivity contribution in [3.63, 3.8) is 0 Å². The Morgan fingerprint density at radius 3 is 2.73 bits per heavy atom. The second kappa shape index (κ2) is 7.80. The van der Waals surface area contributed by atoms with Gasteiger partial charge in [-0.3, -0.25) is 0 Å². The second-order valence-electron chi connectivity index (χ2n) is 5.33. The van der Waals surface area contributed by atoms with Gasteiger partial charge in [-0.25, -0.2) is 4.99 Å². The van der Waals surface area contributed by atoms with Crippen molar-refractivity contribution < 1.29 is 0 Å². The van der Waals surface area contributed by atoms with E-state index >= 15 is 0 Å². The molecular formula is C18H20BrClN2. The Morgan fingerprint density at radius 2 is 2.05 bits per heavy atom. The van der Waals surface area contributed by atoms with Gasteiger partial charge in [-0.05, 0) is 61.2 Å². The van der Waals surface area contributed by atoms with E-state index in [2.05, 4.69) is 53.0 Å². The van der Waals surface area contributed by atoms with Gasteiger partial charge in [0.05, 0.1) is 12.0 Å². The lowest BCUT2D eigenvalue weighted by molar-refractivity contribution is 0.552. The van der Waals surface area contributed by atoms with Crippen LogP contribution >= 0.6 is 27.5 Å². The minimum absolute atomic E-state index is 0.724. The number of halogens is 2. The Bertz CT molecular complexity index is 683. The van der Waals surface area contributed by atoms with E-state index in [4.69, 9.17) is 11.6 Å². The van der Waals surface area contributed by atoms with Crippen molar-refractivity contribution in [3.05, 3.63) is 62.6 Å². The summed E-state index contributed by atoms with van der Waals surface area (Å²) < 4.78 is 1.09. The summed E-state index contributed by atoms with van der Waals surface area (Å²) in [5.74, 6) is 0. The SMILES string of the molecule is CCN(C)/C=N\c1cc(Cl)cc(Cc2cccc(Br)c2)c1C. The predicted octanol–water partition coefficient (Wildman–Crippen LogP) is 5.61. The number of nitrogens with zero attached hydrogens (tertiary/aromatic N) is 2. The Hall–Kier alpha value is -1.32. The average Bonchev–Trinajstić information content (AvgIpc) is 2.48. The summed E-state index contributed by atoms with van der Waals surface area (Å²) in [4.78, 5) is 6.60. The number of hydrogen-bond donors (Lipinski definition) is 0. The smallest absolute Gasteiger partial charge is 0.0909 e. The average molecular weight is 380 g/mol. The van der Waals surface area contributed by atoms with E-state index in [1.54, 1.807) is 0 Å². The normalized spacial score (nSPS) is 11.1. The molecule has 2 aromatic carbocycles. The van der Waals surface area contributed by atoms with Crippen LogP contribution in [-0.4, -0.2) is 24.8 Å². The Morgan fingerprint density at radius 1 is 1.27 bits per heavy atom. The molecule has 0 aliphatic carbocycles. The first-order valence-corrected chi connectivity index (χ1v) is 8.44. The van der Waals surface area contributed by atoms with E-state index in [0.29, 0.717) is 0 Å². The van der Waals surface area contributed by atoms with Gasteiger partial charge in [-0.15, -0.1) is 0 Å². The third-order valence-corrected chi connectivity index (χ3v) is 4.34. The topological polar surface area (TPSA) is 15.6 Å². The molecule has 0 N–H and O–H groups in total. The molecule has 2 nitrogen and oxygen atoms in total. The first-order valence-electron chi connectivity index (χ1n) is 7.27. The van der Waals surface area contributed by atoms with Crippen molar-refractivity contribution in [3.8, 4) is 0 Å². The molecule has 0 radical (unpaired) electrons. The molecular weight excluding hydrogens is 360 g/mol. The van der Waals surface area contributed by atoms with Crippen molar-refractivity contribution >= 4 is 39.6 Å². The third-order valence-electron chi connectivity index (χ3n) is 3.63. The quantitative estimate of drug-likeness (QED) is 0.487. The molecule has 0 aliphatic heterocycles. The predicted molar refractivity (Wildman–Crippen MR) is 99.6 cm³/mol. The standard InChI is InChI=1S/C18H20BrClN2/c1-4-22(3)12-21-18-11-17(20)10-15(13(18)2)8-14-6-5-7-16(19)9-14/h5-7,9-12H,4,8H2,1-3H3/b21-12-. The highest BCUT2D eigenvalue weighted by molar-refractivity contribution is 9.10. The third kappa shape index (κ3) is 4.59. The van der Waals surface area contributed by atoms with Gasteiger partial charge in [-0.1, -0.05) is 39.7 Å². The Labute approximate surface area is 146 Å². The molecule has 0 saturated heterocycles. The Kier molecular flexibility index (Phi) is 6.04. The maximum Gasteiger partial charge on any atom is 0.0909 e. The van der Waals surface area contributed by atoms with Crippen LogP contribution in [0.25, 0.3) is 0 Å². The van der Waals surface area contributed by atoms with Gasteiger partial charge in [0.1, 0.15) is 0 Å². The van der Waals surface area contributed by atoms with Crippen LogP contribution in [0.3, 0.4) is 0 Å². The molecule has 116 valence electrons. The summed E-state index contributed by atoms with van der Waals surface area (Å²) in [6.07, 6.45) is 2.69.